The van der Waals surface area contributed by atoms with Crippen molar-refractivity contribution >= 4 is 23.0 Å². The summed E-state index contributed by atoms with van der Waals surface area (Å²) in [6.45, 7) is 5.85. The molecule has 2 heterocycles. The molecule has 0 spiro atoms. The molecule has 1 amide bonds. The van der Waals surface area contributed by atoms with Gasteiger partial charge >= 0.3 is 12.1 Å². The molecule has 2 aromatic rings. The van der Waals surface area contributed by atoms with Crippen LogP contribution in [0.5, 0.6) is 5.75 Å². The summed E-state index contributed by atoms with van der Waals surface area (Å²) in [6.07, 6.45) is -0.184. The number of methoxy groups -OCH3 is 1. The van der Waals surface area contributed by atoms with E-state index in [1.165, 1.54) is 18.1 Å². The minimum absolute atomic E-state index is 0.104. The Hall–Kier alpha value is -2.74. The molecular weight excluding hydrogens is 342 g/mol. The highest BCUT2D eigenvalue weighted by atomic mass is 17.2. The summed E-state index contributed by atoms with van der Waals surface area (Å²) in [5, 5.41) is 9.95. The maximum atomic E-state index is 12.3. The average Bonchev–Trinajstić information content (AvgIpc) is 2.96. The number of carbonyl (C=O) groups is 2. The highest BCUT2D eigenvalue weighted by Gasteiger charge is 2.31. The summed E-state index contributed by atoms with van der Waals surface area (Å²) in [5.74, 6) is 0.0226. The van der Waals surface area contributed by atoms with Gasteiger partial charge in [0.1, 0.15) is 11.4 Å². The van der Waals surface area contributed by atoms with Crippen LogP contribution in [-0.4, -0.2) is 41.3 Å². The lowest BCUT2D eigenvalue weighted by Gasteiger charge is -2.26. The van der Waals surface area contributed by atoms with Crippen LogP contribution in [0.15, 0.2) is 16.5 Å². The molecule has 140 valence electrons. The molecule has 3 rings (SSSR count). The van der Waals surface area contributed by atoms with E-state index in [9.17, 15) is 14.7 Å². The summed E-state index contributed by atoms with van der Waals surface area (Å²) < 4.78 is 11.1. The standard InChI is InChI=1S/C18H21NO7/c1-18(2,3)26-25-17(22)19-8-7-12-11(9-19)14-10(16(20)21)5-6-13(23-4)15(14)24-12/h5-6H,7-9H2,1-4H3,(H,20,21). The minimum atomic E-state index is -1.07. The van der Waals surface area contributed by atoms with E-state index < -0.39 is 17.7 Å². The van der Waals surface area contributed by atoms with E-state index in [1.54, 1.807) is 26.8 Å². The Labute approximate surface area is 150 Å². The summed E-state index contributed by atoms with van der Waals surface area (Å²) in [4.78, 5) is 35.3. The van der Waals surface area contributed by atoms with Crippen LogP contribution < -0.4 is 4.74 Å². The van der Waals surface area contributed by atoms with Crippen LogP contribution in [0, 0.1) is 0 Å². The second kappa shape index (κ2) is 6.53. The highest BCUT2D eigenvalue weighted by molar-refractivity contribution is 6.06. The number of furan rings is 1. The topological polar surface area (TPSA) is 98.4 Å². The predicted octanol–water partition coefficient (Wildman–Crippen LogP) is 3.36. The number of aromatic carboxylic acids is 1. The third-order valence-corrected chi connectivity index (χ3v) is 4.01. The lowest BCUT2D eigenvalue weighted by Crippen LogP contribution is -2.37. The van der Waals surface area contributed by atoms with Crippen molar-refractivity contribution in [2.24, 2.45) is 0 Å². The zero-order chi connectivity index (χ0) is 19.1. The van der Waals surface area contributed by atoms with Gasteiger partial charge in [-0.15, -0.1) is 0 Å². The molecule has 1 aliphatic heterocycles. The van der Waals surface area contributed by atoms with Crippen molar-refractivity contribution in [2.75, 3.05) is 13.7 Å². The van der Waals surface area contributed by atoms with E-state index >= 15 is 0 Å². The van der Waals surface area contributed by atoms with Crippen LogP contribution in [0.2, 0.25) is 0 Å². The maximum absolute atomic E-state index is 12.3. The molecular formula is C18H21NO7. The second-order valence-electron chi connectivity index (χ2n) is 7.04. The van der Waals surface area contributed by atoms with Crippen LogP contribution in [0.4, 0.5) is 4.79 Å². The van der Waals surface area contributed by atoms with E-state index in [0.29, 0.717) is 41.0 Å². The third-order valence-electron chi connectivity index (χ3n) is 4.01. The first-order valence-electron chi connectivity index (χ1n) is 8.20. The number of hydrogen-bond acceptors (Lipinski definition) is 6. The fraction of sp³-hybridized carbons (Fsp3) is 0.444. The SMILES string of the molecule is COc1ccc(C(=O)O)c2c3c(oc12)CCN(C(=O)OOC(C)(C)C)C3. The smallest absolute Gasteiger partial charge is 0.441 e. The average molecular weight is 363 g/mol. The van der Waals surface area contributed by atoms with Crippen LogP contribution in [0.25, 0.3) is 11.0 Å². The lowest BCUT2D eigenvalue weighted by molar-refractivity contribution is -0.305. The van der Waals surface area contributed by atoms with Gasteiger partial charge in [0, 0.05) is 23.9 Å². The molecule has 0 saturated carbocycles. The van der Waals surface area contributed by atoms with Gasteiger partial charge in [-0.05, 0) is 32.9 Å². The Morgan fingerprint density at radius 3 is 2.62 bits per heavy atom. The number of benzene rings is 1. The van der Waals surface area contributed by atoms with Crippen LogP contribution in [-0.2, 0) is 22.7 Å². The van der Waals surface area contributed by atoms with E-state index in [-0.39, 0.29) is 12.1 Å². The first-order chi connectivity index (χ1) is 12.2. The minimum Gasteiger partial charge on any atom is -0.493 e. The summed E-state index contributed by atoms with van der Waals surface area (Å²) >= 11 is 0. The van der Waals surface area contributed by atoms with Crippen LogP contribution in [0.3, 0.4) is 0 Å². The Morgan fingerprint density at radius 1 is 1.27 bits per heavy atom. The van der Waals surface area contributed by atoms with Crippen molar-refractivity contribution in [3.05, 3.63) is 29.0 Å². The Bertz CT molecular complexity index is 863. The normalized spacial score (nSPS) is 14.2. The van der Waals surface area contributed by atoms with Gasteiger partial charge in [0.15, 0.2) is 11.3 Å². The summed E-state index contributed by atoms with van der Waals surface area (Å²) in [5.41, 5.74) is 0.503. The molecule has 0 atom stereocenters. The fourth-order valence-electron chi connectivity index (χ4n) is 2.87. The quantitative estimate of drug-likeness (QED) is 0.659. The molecule has 8 nitrogen and oxygen atoms in total. The van der Waals surface area contributed by atoms with Crippen LogP contribution >= 0.6 is 0 Å². The number of ether oxygens (including phenoxy) is 1. The van der Waals surface area contributed by atoms with Crippen LogP contribution in [0.1, 0.15) is 42.5 Å². The van der Waals surface area contributed by atoms with Crippen molar-refractivity contribution in [3.8, 4) is 5.75 Å². The number of nitrogens with zero attached hydrogens (tertiary/aromatic N) is 1. The van der Waals surface area contributed by atoms with Gasteiger partial charge in [0.25, 0.3) is 0 Å². The van der Waals surface area contributed by atoms with Crippen molar-refractivity contribution in [2.45, 2.75) is 39.3 Å². The van der Waals surface area contributed by atoms with Gasteiger partial charge in [-0.2, -0.15) is 4.89 Å². The van der Waals surface area contributed by atoms with Crippen molar-refractivity contribution in [3.63, 3.8) is 0 Å². The zero-order valence-electron chi connectivity index (χ0n) is 15.1. The van der Waals surface area contributed by atoms with Crippen molar-refractivity contribution in [1.82, 2.24) is 4.90 Å². The Kier molecular flexibility index (Phi) is 4.53. The Morgan fingerprint density at radius 2 is 2.00 bits per heavy atom. The van der Waals surface area contributed by atoms with Gasteiger partial charge in [0.05, 0.1) is 19.2 Å². The second-order valence-corrected chi connectivity index (χ2v) is 7.04. The zero-order valence-corrected chi connectivity index (χ0v) is 15.1. The molecule has 0 fully saturated rings. The van der Waals surface area contributed by atoms with Gasteiger partial charge in [0.2, 0.25) is 0 Å². The number of amides is 1. The fourth-order valence-corrected chi connectivity index (χ4v) is 2.87. The summed E-state index contributed by atoms with van der Waals surface area (Å²) in [6, 6.07) is 3.03. The number of carboxylic acids is 1. The molecule has 0 radical (unpaired) electrons. The highest BCUT2D eigenvalue weighted by Crippen LogP contribution is 2.38. The largest absolute Gasteiger partial charge is 0.493 e. The monoisotopic (exact) mass is 363 g/mol. The molecule has 26 heavy (non-hydrogen) atoms. The molecule has 1 aromatic heterocycles. The third kappa shape index (κ3) is 3.32. The number of fused-ring (bicyclic) bond motifs is 3. The maximum Gasteiger partial charge on any atom is 0.441 e. The van der Waals surface area contributed by atoms with Gasteiger partial charge in [-0.3, -0.25) is 4.89 Å². The van der Waals surface area contributed by atoms with Crippen molar-refractivity contribution in [1.29, 1.82) is 0 Å². The molecule has 1 aliphatic rings. The number of hydrogen-bond donors (Lipinski definition) is 1. The lowest BCUT2D eigenvalue weighted by atomic mass is 10.0. The van der Waals surface area contributed by atoms with E-state index in [2.05, 4.69) is 0 Å². The number of rotatable bonds is 3. The predicted molar refractivity (Wildman–Crippen MR) is 91.2 cm³/mol. The first-order valence-corrected chi connectivity index (χ1v) is 8.20. The molecule has 0 unspecified atom stereocenters. The molecule has 1 N–H and O–H groups in total. The van der Waals surface area contributed by atoms with Gasteiger partial charge in [-0.1, -0.05) is 0 Å². The molecule has 0 bridgehead atoms. The number of carboxylic acid groups (broad SMARTS) is 1. The van der Waals surface area contributed by atoms with E-state index in [4.69, 9.17) is 18.9 Å². The van der Waals surface area contributed by atoms with Crippen molar-refractivity contribution < 1.29 is 33.6 Å². The van der Waals surface area contributed by atoms with Gasteiger partial charge < -0.3 is 19.2 Å². The Balaban J connectivity index is 1.96. The number of carbonyl (C=O) groups excluding carboxylic acids is 1. The summed E-state index contributed by atoms with van der Waals surface area (Å²) in [7, 11) is 1.49. The van der Waals surface area contributed by atoms with E-state index in [1.807, 2.05) is 0 Å². The van der Waals surface area contributed by atoms with E-state index in [0.717, 1.165) is 0 Å². The molecule has 0 aliphatic carbocycles. The molecule has 0 saturated heterocycles. The van der Waals surface area contributed by atoms with Gasteiger partial charge in [-0.25, -0.2) is 9.59 Å². The molecule has 1 aromatic carbocycles. The first kappa shape index (κ1) is 18.1. The molecule has 8 heteroatoms.